The van der Waals surface area contributed by atoms with Crippen molar-refractivity contribution in [2.45, 2.75) is 124 Å². The molecule has 4 atom stereocenters. The van der Waals surface area contributed by atoms with E-state index in [1.807, 2.05) is 32.2 Å². The maximum atomic E-state index is 14.5. The summed E-state index contributed by atoms with van der Waals surface area (Å²) in [5.41, 5.74) is 8.83. The van der Waals surface area contributed by atoms with Gasteiger partial charge in [-0.25, -0.2) is 5.43 Å². The molecule has 5 heterocycles. The Morgan fingerprint density at radius 1 is 1.01 bits per heavy atom. The molecule has 5 amide bonds. The standard InChI is InChI=1S/C49H68N8O7.5H2S/c1-11-40(58)55-24-21-33(28-55)46(61)54(10)43(31(5)6)45(60)51-37-18-20-41(59)53(9)27-32-17-19-39-35(25-32)36(44(56(39)12-2)34-15-13-22-50-42(34)30(3)4)26-49(7,8)29-64-48(63)38-16-14-23-57(52-38)47(37)62;;;;;/h11,13,15,17,19,22,25,30-31,33,37-38,43,52H,1,12,14,16,18,20-21,23-24,26-29H2,2-10H3,(H,51,60);5*1H2/t33-,37+,38+,43+;;;;;/m1...../s1. The number of carbonyl (C=O) groups excluding carboxylic acids is 6. The number of fused-ring (bicyclic) bond motifs is 3. The predicted octanol–water partition coefficient (Wildman–Crippen LogP) is 5.77. The minimum Gasteiger partial charge on any atom is -0.464 e. The molecule has 386 valence electrons. The number of nitrogens with zero attached hydrogens (tertiary/aromatic N) is 6. The number of hydrogen-bond acceptors (Lipinski definition) is 9. The molecule has 2 fully saturated rings. The Hall–Kier alpha value is -3.82. The number of carbonyl (C=O) groups is 6. The van der Waals surface area contributed by atoms with Gasteiger partial charge in [-0.15, -0.1) is 0 Å². The summed E-state index contributed by atoms with van der Waals surface area (Å²) in [5.74, 6) is -2.90. The predicted molar refractivity (Wildman–Crippen MR) is 297 cm³/mol. The average Bonchev–Trinajstić information content (AvgIpc) is 3.88. The molecule has 15 nitrogen and oxygen atoms in total. The molecule has 3 aliphatic rings. The van der Waals surface area contributed by atoms with Gasteiger partial charge in [0.1, 0.15) is 18.1 Å². The second kappa shape index (κ2) is 27.1. The van der Waals surface area contributed by atoms with Gasteiger partial charge < -0.3 is 29.3 Å². The Kier molecular flexibility index (Phi) is 24.8. The highest BCUT2D eigenvalue weighted by atomic mass is 32.1. The van der Waals surface area contributed by atoms with E-state index in [1.54, 1.807) is 23.9 Å². The smallest absolute Gasteiger partial charge is 0.324 e. The summed E-state index contributed by atoms with van der Waals surface area (Å²) >= 11 is 0. The van der Waals surface area contributed by atoms with E-state index < -0.39 is 47.2 Å². The number of hydrazine groups is 1. The van der Waals surface area contributed by atoms with Crippen LogP contribution in [0.25, 0.3) is 22.2 Å². The van der Waals surface area contributed by atoms with Gasteiger partial charge in [-0.3, -0.25) is 38.8 Å². The van der Waals surface area contributed by atoms with Gasteiger partial charge in [-0.05, 0) is 92.3 Å². The molecule has 3 aliphatic heterocycles. The van der Waals surface area contributed by atoms with Crippen molar-refractivity contribution in [1.29, 1.82) is 0 Å². The number of ether oxygens (including phenoxy) is 1. The van der Waals surface area contributed by atoms with Crippen LogP contribution < -0.4 is 10.7 Å². The van der Waals surface area contributed by atoms with Crippen LogP contribution in [0.2, 0.25) is 0 Å². The van der Waals surface area contributed by atoms with E-state index in [0.29, 0.717) is 45.3 Å². The number of hydrogen-bond donors (Lipinski definition) is 2. The van der Waals surface area contributed by atoms with Crippen LogP contribution in [0.4, 0.5) is 0 Å². The van der Waals surface area contributed by atoms with Crippen LogP contribution in [0.15, 0.2) is 49.2 Å². The molecule has 2 N–H and O–H groups in total. The lowest BCUT2D eigenvalue weighted by atomic mass is 9.84. The van der Waals surface area contributed by atoms with Crippen molar-refractivity contribution in [3.05, 3.63) is 66.0 Å². The minimum atomic E-state index is -1.15. The number of amides is 5. The normalized spacial score (nSPS) is 20.1. The zero-order valence-electron chi connectivity index (χ0n) is 41.7. The highest BCUT2D eigenvalue weighted by Crippen LogP contribution is 2.41. The van der Waals surface area contributed by atoms with E-state index in [1.165, 1.54) is 16.0 Å². The van der Waals surface area contributed by atoms with Crippen molar-refractivity contribution in [3.63, 3.8) is 0 Å². The molecule has 0 spiro atoms. The Balaban J connectivity index is 0.00000476. The van der Waals surface area contributed by atoms with Crippen LogP contribution in [0.3, 0.4) is 0 Å². The molecule has 3 aromatic rings. The molecule has 4 bridgehead atoms. The summed E-state index contributed by atoms with van der Waals surface area (Å²) in [6.07, 6.45) is 4.97. The number of aromatic nitrogens is 2. The Morgan fingerprint density at radius 3 is 2.35 bits per heavy atom. The summed E-state index contributed by atoms with van der Waals surface area (Å²) in [6.45, 7) is 19.9. The highest BCUT2D eigenvalue weighted by Gasteiger charge is 2.40. The maximum absolute atomic E-state index is 14.5. The quantitative estimate of drug-likeness (QED) is 0.200. The number of esters is 1. The third-order valence-electron chi connectivity index (χ3n) is 13.0. The first-order valence-corrected chi connectivity index (χ1v) is 22.9. The Bertz CT molecular complexity index is 2290. The molecular formula is C49H78N8O7S5. The summed E-state index contributed by atoms with van der Waals surface area (Å²) in [6, 6.07) is 7.50. The van der Waals surface area contributed by atoms with E-state index in [-0.39, 0.29) is 130 Å². The summed E-state index contributed by atoms with van der Waals surface area (Å²) < 4.78 is 8.42. The molecule has 20 heteroatoms. The first-order chi connectivity index (χ1) is 30.3. The van der Waals surface area contributed by atoms with Gasteiger partial charge in [-0.1, -0.05) is 54.2 Å². The van der Waals surface area contributed by atoms with Crippen molar-refractivity contribution in [3.8, 4) is 11.3 Å². The molecule has 2 aromatic heterocycles. The fraction of sp³-hybridized carbons (Fsp3) is 0.571. The van der Waals surface area contributed by atoms with Crippen molar-refractivity contribution in [1.82, 2.24) is 40.0 Å². The number of cyclic esters (lactones) is 1. The number of aryl methyl sites for hydroxylation is 1. The van der Waals surface area contributed by atoms with E-state index in [9.17, 15) is 28.8 Å². The fourth-order valence-electron chi connectivity index (χ4n) is 9.64. The molecule has 2 saturated heterocycles. The third-order valence-corrected chi connectivity index (χ3v) is 13.0. The number of rotatable bonds is 9. The lowest BCUT2D eigenvalue weighted by Crippen LogP contribution is -2.62. The molecule has 69 heavy (non-hydrogen) atoms. The van der Waals surface area contributed by atoms with Gasteiger partial charge in [0.05, 0.1) is 23.9 Å². The number of pyridine rings is 1. The summed E-state index contributed by atoms with van der Waals surface area (Å²) in [4.78, 5) is 92.1. The van der Waals surface area contributed by atoms with Crippen LogP contribution in [0.1, 0.15) is 103 Å². The molecule has 0 radical (unpaired) electrons. The second-order valence-electron chi connectivity index (χ2n) is 19.2. The molecule has 6 rings (SSSR count). The van der Waals surface area contributed by atoms with Gasteiger partial charge in [0.15, 0.2) is 0 Å². The van der Waals surface area contributed by atoms with Crippen LogP contribution in [0, 0.1) is 17.3 Å². The largest absolute Gasteiger partial charge is 0.464 e. The van der Waals surface area contributed by atoms with Gasteiger partial charge >= 0.3 is 5.97 Å². The number of likely N-dealkylation sites (tertiary alicyclic amines) is 1. The zero-order chi connectivity index (χ0) is 46.6. The summed E-state index contributed by atoms with van der Waals surface area (Å²) in [5, 5.41) is 5.34. The number of likely N-dealkylation sites (N-methyl/N-ethyl adjacent to an activating group) is 1. The first-order valence-electron chi connectivity index (χ1n) is 22.9. The third kappa shape index (κ3) is 14.4. The monoisotopic (exact) mass is 1050 g/mol. The van der Waals surface area contributed by atoms with Gasteiger partial charge in [0.25, 0.3) is 5.91 Å². The first kappa shape index (κ1) is 63.2. The highest BCUT2D eigenvalue weighted by molar-refractivity contribution is 7.60. The lowest BCUT2D eigenvalue weighted by Gasteiger charge is -2.37. The Morgan fingerprint density at radius 2 is 1.71 bits per heavy atom. The van der Waals surface area contributed by atoms with Crippen LogP contribution >= 0.6 is 67.5 Å². The van der Waals surface area contributed by atoms with Crippen molar-refractivity contribution < 1.29 is 33.5 Å². The van der Waals surface area contributed by atoms with Crippen LogP contribution in [-0.2, 0) is 53.0 Å². The van der Waals surface area contributed by atoms with Crippen molar-refractivity contribution in [2.75, 3.05) is 40.3 Å². The van der Waals surface area contributed by atoms with Crippen molar-refractivity contribution in [2.24, 2.45) is 17.3 Å². The fourth-order valence-corrected chi connectivity index (χ4v) is 9.64. The maximum Gasteiger partial charge on any atom is 0.324 e. The summed E-state index contributed by atoms with van der Waals surface area (Å²) in [7, 11) is 3.31. The van der Waals surface area contributed by atoms with Gasteiger partial charge in [0, 0.05) is 81.3 Å². The van der Waals surface area contributed by atoms with E-state index in [0.717, 1.165) is 39.0 Å². The van der Waals surface area contributed by atoms with E-state index >= 15 is 0 Å². The second-order valence-corrected chi connectivity index (χ2v) is 19.2. The molecule has 1 aromatic carbocycles. The zero-order valence-corrected chi connectivity index (χ0v) is 46.7. The molecule has 0 aliphatic carbocycles. The number of benzene rings is 1. The van der Waals surface area contributed by atoms with Crippen LogP contribution in [0.5, 0.6) is 0 Å². The topological polar surface area (TPSA) is 166 Å². The van der Waals surface area contributed by atoms with Crippen molar-refractivity contribution >= 4 is 114 Å². The van der Waals surface area contributed by atoms with Gasteiger partial charge in [-0.2, -0.15) is 67.5 Å². The molecular weight excluding hydrogens is 973 g/mol. The number of nitrogens with one attached hydrogen (secondary N) is 2. The van der Waals surface area contributed by atoms with E-state index in [4.69, 9.17) is 9.72 Å². The minimum absolute atomic E-state index is 0. The average molecular weight is 1050 g/mol. The molecule has 0 saturated carbocycles. The SMILES string of the molecule is C=CC(=O)N1CC[C@@H](C(=O)N(C)[C@H](C(=O)N[C@H]2CCC(=O)N(C)Cc3ccc4c(c3)c(c(-c3cccnc3C(C)C)n4CC)CC(C)(C)COC(=O)[C@@H]3CCCN(N3)C2=O)C(C)C)C1.S.S.S.S.S. The Labute approximate surface area is 443 Å². The van der Waals surface area contributed by atoms with Gasteiger partial charge in [0.2, 0.25) is 23.6 Å². The molecule has 0 unspecified atom stereocenters. The van der Waals surface area contributed by atoms with E-state index in [2.05, 4.69) is 74.7 Å². The lowest BCUT2D eigenvalue weighted by molar-refractivity contribution is -0.155. The van der Waals surface area contributed by atoms with Crippen LogP contribution in [-0.4, -0.2) is 123 Å².